The summed E-state index contributed by atoms with van der Waals surface area (Å²) >= 11 is 0. The minimum Gasteiger partial charge on any atom is -0.454 e. The Balaban J connectivity index is 1.29. The molecule has 0 atom stereocenters. The normalized spacial score (nSPS) is 15.6. The number of hydrogen-bond acceptors (Lipinski definition) is 7. The summed E-state index contributed by atoms with van der Waals surface area (Å²) in [5, 5.41) is 0. The number of rotatable bonds is 3. The van der Waals surface area contributed by atoms with Crippen LogP contribution in [-0.4, -0.2) is 33.2 Å². The molecule has 7 heteroatoms. The quantitative estimate of drug-likeness (QED) is 0.766. The number of fused-ring (bicyclic) bond motifs is 2. The molecule has 7 nitrogen and oxygen atoms in total. The molecule has 0 saturated carbocycles. The van der Waals surface area contributed by atoms with Gasteiger partial charge >= 0.3 is 0 Å². The van der Waals surface area contributed by atoms with Gasteiger partial charge < -0.3 is 15.2 Å². The molecule has 0 spiro atoms. The maximum Gasteiger partial charge on any atom is 0.231 e. The Morgan fingerprint density at radius 2 is 1.96 bits per heavy atom. The molecule has 136 valence electrons. The van der Waals surface area contributed by atoms with Gasteiger partial charge in [-0.15, -0.1) is 0 Å². The van der Waals surface area contributed by atoms with E-state index in [9.17, 15) is 0 Å². The molecule has 0 saturated heterocycles. The third-order valence-electron chi connectivity index (χ3n) is 4.93. The SMILES string of the molecule is Nc1ncc2c(n1)CCN(Cc1ccc(-c3ccc4c(c3)OCO4)nc1)C2. The minimum atomic E-state index is 0.280. The number of hydrogen-bond donors (Lipinski definition) is 1. The van der Waals surface area contributed by atoms with Gasteiger partial charge in [0.1, 0.15) is 0 Å². The molecule has 0 amide bonds. The molecule has 2 N–H and O–H groups in total. The van der Waals surface area contributed by atoms with Crippen molar-refractivity contribution in [1.29, 1.82) is 0 Å². The van der Waals surface area contributed by atoms with Crippen LogP contribution >= 0.6 is 0 Å². The largest absolute Gasteiger partial charge is 0.454 e. The van der Waals surface area contributed by atoms with E-state index in [2.05, 4.69) is 32.0 Å². The van der Waals surface area contributed by atoms with Crippen molar-refractivity contribution in [3.05, 3.63) is 59.5 Å². The average Bonchev–Trinajstić information content (AvgIpc) is 3.16. The van der Waals surface area contributed by atoms with E-state index in [4.69, 9.17) is 15.2 Å². The fraction of sp³-hybridized carbons (Fsp3) is 0.250. The van der Waals surface area contributed by atoms with Crippen molar-refractivity contribution in [3.63, 3.8) is 0 Å². The molecular weight excluding hydrogens is 342 g/mol. The second kappa shape index (κ2) is 6.51. The van der Waals surface area contributed by atoms with Gasteiger partial charge in [-0.2, -0.15) is 0 Å². The third-order valence-corrected chi connectivity index (χ3v) is 4.93. The molecule has 4 heterocycles. The van der Waals surface area contributed by atoms with E-state index in [0.717, 1.165) is 60.1 Å². The summed E-state index contributed by atoms with van der Waals surface area (Å²) in [5.74, 6) is 1.91. The van der Waals surface area contributed by atoms with E-state index >= 15 is 0 Å². The molecule has 1 aromatic carbocycles. The first-order chi connectivity index (χ1) is 13.2. The number of anilines is 1. The van der Waals surface area contributed by atoms with Crippen LogP contribution in [0.1, 0.15) is 16.8 Å². The van der Waals surface area contributed by atoms with Gasteiger partial charge in [-0.25, -0.2) is 9.97 Å². The first kappa shape index (κ1) is 16.0. The van der Waals surface area contributed by atoms with Crippen LogP contribution in [0.5, 0.6) is 11.5 Å². The first-order valence-electron chi connectivity index (χ1n) is 8.92. The molecule has 27 heavy (non-hydrogen) atoms. The molecule has 2 aromatic heterocycles. The van der Waals surface area contributed by atoms with Gasteiger partial charge in [0.05, 0.1) is 11.4 Å². The Labute approximate surface area is 156 Å². The van der Waals surface area contributed by atoms with Gasteiger partial charge in [0.15, 0.2) is 11.5 Å². The van der Waals surface area contributed by atoms with Crippen LogP contribution in [0.25, 0.3) is 11.3 Å². The van der Waals surface area contributed by atoms with Crippen molar-refractivity contribution < 1.29 is 9.47 Å². The summed E-state index contributed by atoms with van der Waals surface area (Å²) in [6.45, 7) is 2.91. The van der Waals surface area contributed by atoms with Gasteiger partial charge in [0.25, 0.3) is 0 Å². The van der Waals surface area contributed by atoms with Crippen molar-refractivity contribution in [2.45, 2.75) is 19.5 Å². The minimum absolute atomic E-state index is 0.280. The second-order valence-electron chi connectivity index (χ2n) is 6.78. The highest BCUT2D eigenvalue weighted by molar-refractivity contribution is 5.64. The first-order valence-corrected chi connectivity index (χ1v) is 8.92. The summed E-state index contributed by atoms with van der Waals surface area (Å²) in [6, 6.07) is 10.1. The highest BCUT2D eigenvalue weighted by atomic mass is 16.7. The molecule has 0 radical (unpaired) electrons. The molecule has 3 aromatic rings. The van der Waals surface area contributed by atoms with Crippen molar-refractivity contribution in [1.82, 2.24) is 19.9 Å². The van der Waals surface area contributed by atoms with Crippen molar-refractivity contribution >= 4 is 5.95 Å². The number of aromatic nitrogens is 3. The number of nitrogen functional groups attached to an aromatic ring is 1. The monoisotopic (exact) mass is 361 g/mol. The van der Waals surface area contributed by atoms with Crippen LogP contribution in [0.4, 0.5) is 5.95 Å². The lowest BCUT2D eigenvalue weighted by atomic mass is 10.1. The summed E-state index contributed by atoms with van der Waals surface area (Å²) in [5.41, 5.74) is 11.0. The fourth-order valence-electron chi connectivity index (χ4n) is 3.53. The Hall–Kier alpha value is -3.19. The topological polar surface area (TPSA) is 86.4 Å². The number of ether oxygens (including phenoxy) is 2. The van der Waals surface area contributed by atoms with Crippen LogP contribution in [-0.2, 0) is 19.5 Å². The Morgan fingerprint density at radius 1 is 1.04 bits per heavy atom. The van der Waals surface area contributed by atoms with E-state index in [1.54, 1.807) is 0 Å². The number of pyridine rings is 1. The Kier molecular flexibility index (Phi) is 3.86. The van der Waals surface area contributed by atoms with Crippen LogP contribution in [0, 0.1) is 0 Å². The summed E-state index contributed by atoms with van der Waals surface area (Å²) in [6.07, 6.45) is 4.67. The summed E-state index contributed by atoms with van der Waals surface area (Å²) in [4.78, 5) is 15.5. The molecule has 5 rings (SSSR count). The molecular formula is C20H19N5O2. The maximum atomic E-state index is 5.67. The molecule has 0 fully saturated rings. The van der Waals surface area contributed by atoms with Crippen LogP contribution in [0.2, 0.25) is 0 Å². The molecule has 2 aliphatic rings. The third kappa shape index (κ3) is 3.17. The smallest absolute Gasteiger partial charge is 0.231 e. The fourth-order valence-corrected chi connectivity index (χ4v) is 3.53. The molecule has 0 unspecified atom stereocenters. The number of nitrogens with zero attached hydrogens (tertiary/aromatic N) is 4. The summed E-state index contributed by atoms with van der Waals surface area (Å²) in [7, 11) is 0. The Morgan fingerprint density at radius 3 is 2.85 bits per heavy atom. The zero-order chi connectivity index (χ0) is 18.2. The standard InChI is InChI=1S/C20H19N5O2/c21-20-23-9-15-11-25(6-5-17(15)24-20)10-13-1-3-16(22-8-13)14-2-4-18-19(7-14)27-12-26-18/h1-4,7-9H,5-6,10-12H2,(H2,21,23,24). The van der Waals surface area contributed by atoms with Gasteiger partial charge in [-0.1, -0.05) is 6.07 Å². The zero-order valence-electron chi connectivity index (χ0n) is 14.8. The van der Waals surface area contributed by atoms with Gasteiger partial charge in [0.2, 0.25) is 12.7 Å². The maximum absolute atomic E-state index is 5.67. The highest BCUT2D eigenvalue weighted by Crippen LogP contribution is 2.35. The van der Waals surface area contributed by atoms with E-state index in [0.29, 0.717) is 5.95 Å². The van der Waals surface area contributed by atoms with Gasteiger partial charge in [-0.3, -0.25) is 9.88 Å². The molecule has 0 bridgehead atoms. The lowest BCUT2D eigenvalue weighted by Crippen LogP contribution is -2.31. The molecule has 0 aliphatic carbocycles. The van der Waals surface area contributed by atoms with E-state index < -0.39 is 0 Å². The van der Waals surface area contributed by atoms with E-state index in [1.165, 1.54) is 5.56 Å². The Bertz CT molecular complexity index is 990. The zero-order valence-corrected chi connectivity index (χ0v) is 14.8. The lowest BCUT2D eigenvalue weighted by molar-refractivity contribution is 0.174. The van der Waals surface area contributed by atoms with Crippen molar-refractivity contribution in [3.8, 4) is 22.8 Å². The van der Waals surface area contributed by atoms with E-state index in [-0.39, 0.29) is 6.79 Å². The van der Waals surface area contributed by atoms with Crippen LogP contribution in [0.3, 0.4) is 0 Å². The predicted octanol–water partition coefficient (Wildman–Crippen LogP) is 2.41. The van der Waals surface area contributed by atoms with Crippen LogP contribution < -0.4 is 15.2 Å². The summed E-state index contributed by atoms with van der Waals surface area (Å²) < 4.78 is 10.8. The number of benzene rings is 1. The van der Waals surface area contributed by atoms with E-state index in [1.807, 2.05) is 30.6 Å². The van der Waals surface area contributed by atoms with Gasteiger partial charge in [-0.05, 0) is 29.8 Å². The highest BCUT2D eigenvalue weighted by Gasteiger charge is 2.18. The van der Waals surface area contributed by atoms with Gasteiger partial charge in [0, 0.05) is 49.6 Å². The average molecular weight is 361 g/mol. The lowest BCUT2D eigenvalue weighted by Gasteiger charge is -2.27. The van der Waals surface area contributed by atoms with Crippen LogP contribution in [0.15, 0.2) is 42.7 Å². The van der Waals surface area contributed by atoms with Crippen molar-refractivity contribution in [2.75, 3.05) is 19.1 Å². The second-order valence-corrected chi connectivity index (χ2v) is 6.78. The number of nitrogens with two attached hydrogens (primary N) is 1. The molecule has 2 aliphatic heterocycles. The predicted molar refractivity (Wildman–Crippen MR) is 100 cm³/mol. The van der Waals surface area contributed by atoms with Crippen molar-refractivity contribution in [2.24, 2.45) is 0 Å².